The minimum Gasteiger partial charge on any atom is -0.489 e. The van der Waals surface area contributed by atoms with E-state index in [1.165, 1.54) is 11.9 Å². The number of hydrogen-bond donors (Lipinski definition) is 1. The number of benzene rings is 2. The first kappa shape index (κ1) is 20.9. The van der Waals surface area contributed by atoms with Gasteiger partial charge in [-0.15, -0.1) is 0 Å². The molecule has 2 heterocycles. The molecule has 2 aromatic carbocycles. The van der Waals surface area contributed by atoms with Gasteiger partial charge in [0.15, 0.2) is 5.78 Å². The van der Waals surface area contributed by atoms with E-state index in [1.54, 1.807) is 4.68 Å². The number of nitrogens with one attached hydrogen (secondary N) is 1. The van der Waals surface area contributed by atoms with Crippen LogP contribution in [-0.2, 0) is 11.4 Å². The zero-order valence-electron chi connectivity index (χ0n) is 18.4. The minimum absolute atomic E-state index is 0.0995. The van der Waals surface area contributed by atoms with Crippen molar-refractivity contribution in [3.05, 3.63) is 81.2 Å². The Balaban J connectivity index is 1.58. The molecule has 7 heteroatoms. The SMILES string of the molecule is Cc1ccc(COc2ccc(Br)cc2C2C3=C(CC(C)(C)CC3=O)Nc3ncnn32)cc1. The first-order valence-corrected chi connectivity index (χ1v) is 11.5. The second-order valence-corrected chi connectivity index (χ2v) is 10.3. The van der Waals surface area contributed by atoms with Crippen LogP contribution in [0, 0.1) is 12.3 Å². The highest BCUT2D eigenvalue weighted by molar-refractivity contribution is 9.10. The van der Waals surface area contributed by atoms with Gasteiger partial charge in [0.2, 0.25) is 5.95 Å². The summed E-state index contributed by atoms with van der Waals surface area (Å²) in [6.45, 7) is 6.76. The average molecular weight is 493 g/mol. The third kappa shape index (κ3) is 3.86. The van der Waals surface area contributed by atoms with Crippen LogP contribution in [0.2, 0.25) is 0 Å². The molecule has 1 aliphatic carbocycles. The zero-order valence-corrected chi connectivity index (χ0v) is 19.9. The Hall–Kier alpha value is -2.93. The van der Waals surface area contributed by atoms with E-state index in [-0.39, 0.29) is 11.2 Å². The van der Waals surface area contributed by atoms with Crippen LogP contribution in [-0.4, -0.2) is 20.5 Å². The molecule has 1 aliphatic heterocycles. The lowest BCUT2D eigenvalue weighted by Gasteiger charge is -2.38. The van der Waals surface area contributed by atoms with E-state index < -0.39 is 6.04 Å². The summed E-state index contributed by atoms with van der Waals surface area (Å²) < 4.78 is 8.99. The summed E-state index contributed by atoms with van der Waals surface area (Å²) >= 11 is 3.60. The van der Waals surface area contributed by atoms with Crippen LogP contribution in [0.1, 0.15) is 49.4 Å². The van der Waals surface area contributed by atoms with Crippen molar-refractivity contribution in [1.29, 1.82) is 0 Å². The number of ketones is 1. The summed E-state index contributed by atoms with van der Waals surface area (Å²) in [5, 5.41) is 7.82. The second kappa shape index (κ2) is 7.89. The van der Waals surface area contributed by atoms with Crippen LogP contribution in [0.25, 0.3) is 0 Å². The zero-order chi connectivity index (χ0) is 22.5. The molecule has 0 bridgehead atoms. The van der Waals surface area contributed by atoms with Gasteiger partial charge in [0.05, 0.1) is 0 Å². The van der Waals surface area contributed by atoms with E-state index in [9.17, 15) is 4.79 Å². The number of Topliss-reactive ketones (excluding diaryl/α,β-unsaturated/α-hetero) is 1. The molecule has 32 heavy (non-hydrogen) atoms. The normalized spacial score (nSPS) is 19.2. The molecular weight excluding hydrogens is 468 g/mol. The topological polar surface area (TPSA) is 69.0 Å². The second-order valence-electron chi connectivity index (χ2n) is 9.35. The maximum Gasteiger partial charge on any atom is 0.226 e. The maximum atomic E-state index is 13.4. The third-order valence-electron chi connectivity index (χ3n) is 6.06. The fourth-order valence-corrected chi connectivity index (χ4v) is 4.93. The van der Waals surface area contributed by atoms with Gasteiger partial charge in [-0.05, 0) is 42.5 Å². The highest BCUT2D eigenvalue weighted by atomic mass is 79.9. The fourth-order valence-electron chi connectivity index (χ4n) is 4.55. The van der Waals surface area contributed by atoms with Crippen LogP contribution < -0.4 is 10.1 Å². The molecule has 0 saturated heterocycles. The molecule has 0 spiro atoms. The Morgan fingerprint density at radius 3 is 2.75 bits per heavy atom. The Bertz CT molecular complexity index is 1230. The lowest BCUT2D eigenvalue weighted by Crippen LogP contribution is -2.36. The van der Waals surface area contributed by atoms with Gasteiger partial charge in [-0.3, -0.25) is 4.79 Å². The van der Waals surface area contributed by atoms with Crippen molar-refractivity contribution in [2.75, 3.05) is 5.32 Å². The summed E-state index contributed by atoms with van der Waals surface area (Å²) in [5.41, 5.74) is 4.77. The molecule has 6 nitrogen and oxygen atoms in total. The summed E-state index contributed by atoms with van der Waals surface area (Å²) in [7, 11) is 0. The van der Waals surface area contributed by atoms with E-state index in [1.807, 2.05) is 18.2 Å². The minimum atomic E-state index is -0.391. The fraction of sp³-hybridized carbons (Fsp3) is 0.320. The van der Waals surface area contributed by atoms with E-state index >= 15 is 0 Å². The Morgan fingerprint density at radius 2 is 1.97 bits per heavy atom. The number of fused-ring (bicyclic) bond motifs is 1. The maximum absolute atomic E-state index is 13.4. The van der Waals surface area contributed by atoms with Crippen molar-refractivity contribution in [2.45, 2.75) is 46.3 Å². The number of nitrogens with zero attached hydrogens (tertiary/aromatic N) is 3. The standard InChI is InChI=1S/C25H25BrN4O2/c1-15-4-6-16(7-5-15)13-32-21-9-8-17(26)10-18(21)23-22-19(11-25(2,3)12-20(22)31)29-24-27-14-28-30(23)24/h4-10,14,23H,11-13H2,1-3H3,(H,27,28,29). The molecule has 1 aromatic heterocycles. The predicted molar refractivity (Wildman–Crippen MR) is 126 cm³/mol. The number of aryl methyl sites for hydroxylation is 1. The van der Waals surface area contributed by atoms with E-state index in [4.69, 9.17) is 4.74 Å². The molecule has 1 atom stereocenters. The van der Waals surface area contributed by atoms with Gasteiger partial charge in [-0.2, -0.15) is 10.1 Å². The van der Waals surface area contributed by atoms with Gasteiger partial charge in [0.25, 0.3) is 0 Å². The van der Waals surface area contributed by atoms with Gasteiger partial charge < -0.3 is 10.1 Å². The monoisotopic (exact) mass is 492 g/mol. The molecule has 1 N–H and O–H groups in total. The molecule has 2 aliphatic rings. The molecule has 0 saturated carbocycles. The lowest BCUT2D eigenvalue weighted by atomic mass is 9.73. The van der Waals surface area contributed by atoms with Gasteiger partial charge in [0.1, 0.15) is 24.7 Å². The van der Waals surface area contributed by atoms with Crippen LogP contribution in [0.3, 0.4) is 0 Å². The average Bonchev–Trinajstić information content (AvgIpc) is 3.20. The van der Waals surface area contributed by atoms with Crippen LogP contribution in [0.5, 0.6) is 5.75 Å². The quantitative estimate of drug-likeness (QED) is 0.514. The third-order valence-corrected chi connectivity index (χ3v) is 6.55. The summed E-state index contributed by atoms with van der Waals surface area (Å²) in [6, 6.07) is 13.8. The number of hydrogen-bond acceptors (Lipinski definition) is 5. The molecule has 1 unspecified atom stereocenters. The van der Waals surface area contributed by atoms with Crippen molar-refractivity contribution >= 4 is 27.7 Å². The van der Waals surface area contributed by atoms with Gasteiger partial charge in [-0.25, -0.2) is 4.68 Å². The van der Waals surface area contributed by atoms with Gasteiger partial charge in [0, 0.05) is 27.7 Å². The number of aromatic nitrogens is 3. The molecule has 3 aromatic rings. The van der Waals surface area contributed by atoms with Crippen LogP contribution in [0.4, 0.5) is 5.95 Å². The summed E-state index contributed by atoms with van der Waals surface area (Å²) in [6.07, 6.45) is 2.81. The van der Waals surface area contributed by atoms with Crippen molar-refractivity contribution in [3.63, 3.8) is 0 Å². The Morgan fingerprint density at radius 1 is 1.19 bits per heavy atom. The molecule has 5 rings (SSSR count). The highest BCUT2D eigenvalue weighted by Gasteiger charge is 2.42. The molecule has 0 fully saturated rings. The number of rotatable bonds is 4. The van der Waals surface area contributed by atoms with E-state index in [2.05, 4.69) is 76.4 Å². The van der Waals surface area contributed by atoms with Crippen LogP contribution >= 0.6 is 15.9 Å². The number of anilines is 1. The highest BCUT2D eigenvalue weighted by Crippen LogP contribution is 2.47. The largest absolute Gasteiger partial charge is 0.489 e. The van der Waals surface area contributed by atoms with E-state index in [0.29, 0.717) is 19.0 Å². The molecular formula is C25H25BrN4O2. The van der Waals surface area contributed by atoms with E-state index in [0.717, 1.165) is 39.0 Å². The number of allylic oxidation sites excluding steroid dienone is 2. The van der Waals surface area contributed by atoms with Gasteiger partial charge in [-0.1, -0.05) is 59.6 Å². The van der Waals surface area contributed by atoms with Crippen molar-refractivity contribution in [2.24, 2.45) is 5.41 Å². The van der Waals surface area contributed by atoms with Crippen molar-refractivity contribution in [1.82, 2.24) is 14.8 Å². The molecule has 0 radical (unpaired) electrons. The lowest BCUT2D eigenvalue weighted by molar-refractivity contribution is -0.118. The van der Waals surface area contributed by atoms with Crippen molar-refractivity contribution < 1.29 is 9.53 Å². The predicted octanol–water partition coefficient (Wildman–Crippen LogP) is 5.59. The number of halogens is 1. The Kier molecular flexibility index (Phi) is 5.16. The smallest absolute Gasteiger partial charge is 0.226 e. The number of carbonyl (C=O) groups is 1. The molecule has 0 amide bonds. The van der Waals surface area contributed by atoms with Gasteiger partial charge >= 0.3 is 0 Å². The number of ether oxygens (including phenoxy) is 1. The first-order chi connectivity index (χ1) is 15.3. The first-order valence-electron chi connectivity index (χ1n) is 10.7. The van der Waals surface area contributed by atoms with Crippen LogP contribution in [0.15, 0.2) is 64.5 Å². The molecule has 164 valence electrons. The summed E-state index contributed by atoms with van der Waals surface area (Å²) in [4.78, 5) is 17.7. The Labute approximate surface area is 195 Å². The summed E-state index contributed by atoms with van der Waals surface area (Å²) in [5.74, 6) is 1.51. The number of carbonyl (C=O) groups excluding carboxylic acids is 1. The van der Waals surface area contributed by atoms with Crippen molar-refractivity contribution in [3.8, 4) is 5.75 Å².